The number of carbonyl (C=O) groups excluding carboxylic acids is 2. The van der Waals surface area contributed by atoms with E-state index in [0.717, 1.165) is 21.2 Å². The van der Waals surface area contributed by atoms with Crippen LogP contribution in [0, 0.1) is 25.2 Å². The Morgan fingerprint density at radius 2 is 1.94 bits per heavy atom. The maximum atomic E-state index is 12.9. The number of amides is 1. The highest BCUT2D eigenvalue weighted by molar-refractivity contribution is 7.16. The summed E-state index contributed by atoms with van der Waals surface area (Å²) in [5.41, 5.74) is 1.60. The topological polar surface area (TPSA) is 88.4 Å². The number of fused-ring (bicyclic) bond motifs is 1. The highest BCUT2D eigenvalue weighted by Crippen LogP contribution is 2.34. The van der Waals surface area contributed by atoms with Crippen LogP contribution in [-0.4, -0.2) is 25.6 Å². The maximum Gasteiger partial charge on any atom is 0.341 e. The molecule has 0 fully saturated rings. The van der Waals surface area contributed by atoms with Gasteiger partial charge >= 0.3 is 5.97 Å². The monoisotopic (exact) mass is 434 g/mol. The van der Waals surface area contributed by atoms with E-state index in [0.29, 0.717) is 21.9 Å². The SMILES string of the molecule is CCOC(=O)c1c(NC(=O)/C(C#N)=C/c2c(OC)ccc3ccccc23)sc(C)c1C. The molecule has 1 amide bonds. The van der Waals surface area contributed by atoms with Crippen molar-refractivity contribution in [3.63, 3.8) is 0 Å². The summed E-state index contributed by atoms with van der Waals surface area (Å²) in [6, 6.07) is 13.3. The molecule has 0 saturated heterocycles. The van der Waals surface area contributed by atoms with Gasteiger partial charge in [-0.25, -0.2) is 4.79 Å². The minimum atomic E-state index is -0.607. The Morgan fingerprint density at radius 3 is 2.61 bits per heavy atom. The fourth-order valence-corrected chi connectivity index (χ4v) is 4.27. The molecule has 1 N–H and O–H groups in total. The molecule has 7 heteroatoms. The summed E-state index contributed by atoms with van der Waals surface area (Å²) in [5, 5.41) is 14.6. The standard InChI is InChI=1S/C24H22N2O4S/c1-5-30-24(28)21-14(2)15(3)31-23(21)26-22(27)17(13-25)12-19-18-9-7-6-8-16(18)10-11-20(19)29-4/h6-12H,5H2,1-4H3,(H,26,27)/b17-12+. The largest absolute Gasteiger partial charge is 0.496 e. The van der Waals surface area contributed by atoms with Gasteiger partial charge in [0, 0.05) is 10.4 Å². The van der Waals surface area contributed by atoms with Crippen LogP contribution in [-0.2, 0) is 9.53 Å². The van der Waals surface area contributed by atoms with Gasteiger partial charge in [0.05, 0.1) is 19.3 Å². The normalized spacial score (nSPS) is 11.1. The van der Waals surface area contributed by atoms with Gasteiger partial charge < -0.3 is 14.8 Å². The summed E-state index contributed by atoms with van der Waals surface area (Å²) in [5.74, 6) is -0.559. The van der Waals surface area contributed by atoms with Crippen molar-refractivity contribution in [2.45, 2.75) is 20.8 Å². The van der Waals surface area contributed by atoms with Gasteiger partial charge in [-0.05, 0) is 49.2 Å². The smallest absolute Gasteiger partial charge is 0.341 e. The van der Waals surface area contributed by atoms with Crippen molar-refractivity contribution in [3.8, 4) is 11.8 Å². The molecule has 0 unspecified atom stereocenters. The van der Waals surface area contributed by atoms with Gasteiger partial charge in [0.1, 0.15) is 22.4 Å². The van der Waals surface area contributed by atoms with Crippen LogP contribution in [0.25, 0.3) is 16.8 Å². The summed E-state index contributed by atoms with van der Waals surface area (Å²) in [4.78, 5) is 26.2. The van der Waals surface area contributed by atoms with Crippen LogP contribution in [0.1, 0.15) is 33.3 Å². The van der Waals surface area contributed by atoms with E-state index >= 15 is 0 Å². The molecule has 1 aromatic heterocycles. The van der Waals surface area contributed by atoms with E-state index in [4.69, 9.17) is 9.47 Å². The molecule has 1 heterocycles. The molecule has 158 valence electrons. The fourth-order valence-electron chi connectivity index (χ4n) is 3.23. The number of hydrogen-bond donors (Lipinski definition) is 1. The Balaban J connectivity index is 2.03. The predicted molar refractivity (Wildman–Crippen MR) is 122 cm³/mol. The molecule has 0 radical (unpaired) electrons. The first-order valence-electron chi connectivity index (χ1n) is 9.67. The van der Waals surface area contributed by atoms with Crippen LogP contribution in [0.15, 0.2) is 42.0 Å². The molecule has 0 saturated carbocycles. The molecule has 31 heavy (non-hydrogen) atoms. The van der Waals surface area contributed by atoms with Crippen molar-refractivity contribution in [2.75, 3.05) is 19.0 Å². The van der Waals surface area contributed by atoms with Gasteiger partial charge in [0.15, 0.2) is 0 Å². The number of nitriles is 1. The molecule has 0 aliphatic carbocycles. The molecule has 6 nitrogen and oxygen atoms in total. The summed E-state index contributed by atoms with van der Waals surface area (Å²) < 4.78 is 10.6. The van der Waals surface area contributed by atoms with Gasteiger partial charge in [-0.2, -0.15) is 5.26 Å². The molecule has 2 aromatic carbocycles. The third-order valence-electron chi connectivity index (χ3n) is 4.90. The van der Waals surface area contributed by atoms with Crippen LogP contribution in [0.2, 0.25) is 0 Å². The first-order valence-corrected chi connectivity index (χ1v) is 10.5. The van der Waals surface area contributed by atoms with Gasteiger partial charge in [0.2, 0.25) is 0 Å². The van der Waals surface area contributed by atoms with Crippen LogP contribution in [0.5, 0.6) is 5.75 Å². The Morgan fingerprint density at radius 1 is 1.19 bits per heavy atom. The number of hydrogen-bond acceptors (Lipinski definition) is 6. The van der Waals surface area contributed by atoms with Crippen molar-refractivity contribution in [3.05, 3.63) is 63.5 Å². The van der Waals surface area contributed by atoms with Crippen LogP contribution >= 0.6 is 11.3 Å². The summed E-state index contributed by atoms with van der Waals surface area (Å²) >= 11 is 1.27. The molecule has 3 rings (SSSR count). The van der Waals surface area contributed by atoms with Crippen LogP contribution in [0.3, 0.4) is 0 Å². The molecule has 0 aliphatic heterocycles. The lowest BCUT2D eigenvalue weighted by Gasteiger charge is -2.10. The number of nitrogens with zero attached hydrogens (tertiary/aromatic N) is 1. The van der Waals surface area contributed by atoms with E-state index in [9.17, 15) is 14.9 Å². The third kappa shape index (κ3) is 4.44. The predicted octanol–water partition coefficient (Wildman–Crippen LogP) is 5.25. The Labute approximate surface area is 184 Å². The lowest BCUT2D eigenvalue weighted by molar-refractivity contribution is -0.112. The summed E-state index contributed by atoms with van der Waals surface area (Å²) in [6.45, 7) is 5.61. The Bertz CT molecular complexity index is 1230. The number of carbonyl (C=O) groups is 2. The lowest BCUT2D eigenvalue weighted by Crippen LogP contribution is -2.16. The highest BCUT2D eigenvalue weighted by atomic mass is 32.1. The van der Waals surface area contributed by atoms with E-state index in [-0.39, 0.29) is 12.2 Å². The molecule has 0 aliphatic rings. The van der Waals surface area contributed by atoms with Crippen molar-refractivity contribution in [1.29, 1.82) is 5.26 Å². The Hall–Kier alpha value is -3.63. The summed E-state index contributed by atoms with van der Waals surface area (Å²) in [7, 11) is 1.54. The lowest BCUT2D eigenvalue weighted by atomic mass is 10.0. The molecular weight excluding hydrogens is 412 g/mol. The minimum absolute atomic E-state index is 0.104. The minimum Gasteiger partial charge on any atom is -0.496 e. The molecule has 3 aromatic rings. The number of aryl methyl sites for hydroxylation is 1. The number of rotatable bonds is 6. The second-order valence-electron chi connectivity index (χ2n) is 6.73. The average Bonchev–Trinajstić information content (AvgIpc) is 3.04. The second kappa shape index (κ2) is 9.45. The van der Waals surface area contributed by atoms with E-state index in [1.165, 1.54) is 24.5 Å². The van der Waals surface area contributed by atoms with Crippen LogP contribution < -0.4 is 10.1 Å². The first-order chi connectivity index (χ1) is 14.9. The van der Waals surface area contributed by atoms with E-state index in [1.807, 2.05) is 43.3 Å². The Kier molecular flexibility index (Phi) is 6.73. The number of anilines is 1. The van der Waals surface area contributed by atoms with Crippen molar-refractivity contribution in [1.82, 2.24) is 0 Å². The molecule has 0 bridgehead atoms. The molecule has 0 atom stereocenters. The van der Waals surface area contributed by atoms with Crippen LogP contribution in [0.4, 0.5) is 5.00 Å². The van der Waals surface area contributed by atoms with E-state index in [1.54, 1.807) is 19.9 Å². The van der Waals surface area contributed by atoms with Gasteiger partial charge in [-0.3, -0.25) is 4.79 Å². The van der Waals surface area contributed by atoms with E-state index < -0.39 is 11.9 Å². The quantitative estimate of drug-likeness (QED) is 0.325. The van der Waals surface area contributed by atoms with Crippen molar-refractivity contribution in [2.24, 2.45) is 0 Å². The zero-order chi connectivity index (χ0) is 22.5. The molecular formula is C24H22N2O4S. The number of nitrogens with one attached hydrogen (secondary N) is 1. The summed E-state index contributed by atoms with van der Waals surface area (Å²) in [6.07, 6.45) is 1.51. The number of benzene rings is 2. The average molecular weight is 435 g/mol. The maximum absolute atomic E-state index is 12.9. The molecule has 0 spiro atoms. The third-order valence-corrected chi connectivity index (χ3v) is 6.02. The number of methoxy groups -OCH3 is 1. The first kappa shape index (κ1) is 22.1. The zero-order valence-electron chi connectivity index (χ0n) is 17.7. The number of thiophene rings is 1. The fraction of sp³-hybridized carbons (Fsp3) is 0.208. The van der Waals surface area contributed by atoms with E-state index in [2.05, 4.69) is 5.32 Å². The van der Waals surface area contributed by atoms with Gasteiger partial charge in [-0.15, -0.1) is 11.3 Å². The van der Waals surface area contributed by atoms with Gasteiger partial charge in [-0.1, -0.05) is 30.3 Å². The van der Waals surface area contributed by atoms with Crippen molar-refractivity contribution >= 4 is 45.1 Å². The second-order valence-corrected chi connectivity index (χ2v) is 7.96. The number of esters is 1. The zero-order valence-corrected chi connectivity index (χ0v) is 18.6. The highest BCUT2D eigenvalue weighted by Gasteiger charge is 2.23. The number of ether oxygens (including phenoxy) is 2. The van der Waals surface area contributed by atoms with Crippen molar-refractivity contribution < 1.29 is 19.1 Å². The van der Waals surface area contributed by atoms with Gasteiger partial charge in [0.25, 0.3) is 5.91 Å².